The average molecular weight is 407 g/mol. The molecule has 160 valence electrons. The summed E-state index contributed by atoms with van der Waals surface area (Å²) in [6, 6.07) is -0.0318. The summed E-state index contributed by atoms with van der Waals surface area (Å²) in [6.07, 6.45) is 4.87. The Kier molecular flexibility index (Phi) is 6.00. The first-order valence-electron chi connectivity index (χ1n) is 10.5. The van der Waals surface area contributed by atoms with Gasteiger partial charge in [0.15, 0.2) is 0 Å². The molecule has 4 heterocycles. The number of hydrogen-bond donors (Lipinski definition) is 2. The Morgan fingerprint density at radius 1 is 1.31 bits per heavy atom. The summed E-state index contributed by atoms with van der Waals surface area (Å²) in [5.41, 5.74) is 0.0203. The van der Waals surface area contributed by atoms with Crippen LogP contribution in [0.4, 0.5) is 0 Å². The van der Waals surface area contributed by atoms with E-state index in [1.807, 2.05) is 0 Å². The van der Waals surface area contributed by atoms with E-state index in [-0.39, 0.29) is 30.6 Å². The van der Waals surface area contributed by atoms with Crippen molar-refractivity contribution in [3.05, 3.63) is 5.69 Å². The van der Waals surface area contributed by atoms with Crippen LogP contribution in [0, 0.1) is 6.92 Å². The lowest BCUT2D eigenvalue weighted by Gasteiger charge is -2.40. The molecule has 2 amide bonds. The highest BCUT2D eigenvalue weighted by Gasteiger charge is 2.52. The molecule has 3 fully saturated rings. The van der Waals surface area contributed by atoms with Crippen LogP contribution in [0.1, 0.15) is 44.2 Å². The van der Waals surface area contributed by atoms with Crippen LogP contribution in [-0.4, -0.2) is 77.6 Å². The number of piperidine rings is 1. The van der Waals surface area contributed by atoms with Crippen molar-refractivity contribution in [2.24, 2.45) is 0 Å². The minimum absolute atomic E-state index is 0.00432. The summed E-state index contributed by atoms with van der Waals surface area (Å²) in [7, 11) is 0. The van der Waals surface area contributed by atoms with Crippen molar-refractivity contribution in [1.82, 2.24) is 25.8 Å². The predicted molar refractivity (Wildman–Crippen MR) is 101 cm³/mol. The first-order chi connectivity index (χ1) is 14.1. The van der Waals surface area contributed by atoms with Crippen molar-refractivity contribution in [2.75, 3.05) is 32.8 Å². The van der Waals surface area contributed by atoms with E-state index < -0.39 is 5.54 Å². The van der Waals surface area contributed by atoms with Crippen molar-refractivity contribution >= 4 is 11.8 Å². The number of nitrogens with one attached hydrogen (secondary N) is 2. The SMILES string of the molecule is Cc1nonc1OCCNC(=O)[C@@]12CCCCN1C[C@@H](NC(=O)[C@@H]1CCCO1)C2. The van der Waals surface area contributed by atoms with Crippen molar-refractivity contribution in [1.29, 1.82) is 0 Å². The Morgan fingerprint density at radius 3 is 2.97 bits per heavy atom. The molecule has 29 heavy (non-hydrogen) atoms. The third kappa shape index (κ3) is 4.23. The van der Waals surface area contributed by atoms with Gasteiger partial charge in [-0.3, -0.25) is 14.5 Å². The Bertz CT molecular complexity index is 734. The summed E-state index contributed by atoms with van der Waals surface area (Å²) >= 11 is 0. The van der Waals surface area contributed by atoms with Gasteiger partial charge in [-0.25, -0.2) is 4.63 Å². The van der Waals surface area contributed by atoms with Crippen molar-refractivity contribution in [3.63, 3.8) is 0 Å². The Labute approximate surface area is 169 Å². The number of aryl methyl sites for hydroxylation is 1. The standard InChI is InChI=1S/C19H29N5O5/c1-13-17(23-29-22-13)28-10-7-20-18(26)19-6-2-3-8-24(19)12-14(11-19)21-16(25)15-5-4-9-27-15/h14-15H,2-12H2,1H3,(H,20,26)(H,21,25)/t14-,15-,19-/m0/s1. The Balaban J connectivity index is 1.31. The van der Waals surface area contributed by atoms with Crippen LogP contribution < -0.4 is 15.4 Å². The zero-order valence-corrected chi connectivity index (χ0v) is 16.8. The van der Waals surface area contributed by atoms with E-state index in [2.05, 4.69) is 30.5 Å². The van der Waals surface area contributed by atoms with Gasteiger partial charge in [0, 0.05) is 19.2 Å². The van der Waals surface area contributed by atoms with E-state index in [0.29, 0.717) is 37.7 Å². The van der Waals surface area contributed by atoms with Crippen molar-refractivity contribution < 1.29 is 23.7 Å². The minimum Gasteiger partial charge on any atom is -0.472 e. The molecule has 0 radical (unpaired) electrons. The van der Waals surface area contributed by atoms with E-state index in [4.69, 9.17) is 9.47 Å². The van der Waals surface area contributed by atoms with E-state index >= 15 is 0 Å². The summed E-state index contributed by atoms with van der Waals surface area (Å²) in [6.45, 7) is 4.62. The molecule has 3 aliphatic rings. The first-order valence-corrected chi connectivity index (χ1v) is 10.5. The van der Waals surface area contributed by atoms with Crippen LogP contribution >= 0.6 is 0 Å². The lowest BCUT2D eigenvalue weighted by Crippen LogP contribution is -2.57. The lowest BCUT2D eigenvalue weighted by atomic mass is 9.84. The number of fused-ring (bicyclic) bond motifs is 1. The number of rotatable bonds is 7. The van der Waals surface area contributed by atoms with Gasteiger partial charge in [0.1, 0.15) is 23.9 Å². The zero-order valence-electron chi connectivity index (χ0n) is 16.8. The maximum atomic E-state index is 13.1. The predicted octanol–water partition coefficient (Wildman–Crippen LogP) is 0.165. The highest BCUT2D eigenvalue weighted by Crippen LogP contribution is 2.38. The molecule has 3 aliphatic heterocycles. The van der Waals surface area contributed by atoms with Crippen LogP contribution in [-0.2, 0) is 14.3 Å². The van der Waals surface area contributed by atoms with Gasteiger partial charge in [-0.2, -0.15) is 0 Å². The average Bonchev–Trinajstić information content (AvgIpc) is 3.45. The second-order valence-electron chi connectivity index (χ2n) is 8.11. The fourth-order valence-electron chi connectivity index (χ4n) is 4.68. The second kappa shape index (κ2) is 8.66. The molecule has 0 aromatic carbocycles. The fraction of sp³-hybridized carbons (Fsp3) is 0.789. The van der Waals surface area contributed by atoms with Gasteiger partial charge in [0.05, 0.1) is 6.54 Å². The molecule has 4 rings (SSSR count). The first kappa shape index (κ1) is 20.1. The van der Waals surface area contributed by atoms with Crippen LogP contribution in [0.5, 0.6) is 5.88 Å². The van der Waals surface area contributed by atoms with E-state index in [0.717, 1.165) is 38.6 Å². The second-order valence-corrected chi connectivity index (χ2v) is 8.11. The molecule has 0 spiro atoms. The molecule has 0 unspecified atom stereocenters. The van der Waals surface area contributed by atoms with Gasteiger partial charge < -0.3 is 20.1 Å². The third-order valence-corrected chi connectivity index (χ3v) is 6.13. The number of carbonyl (C=O) groups excluding carboxylic acids is 2. The smallest absolute Gasteiger partial charge is 0.278 e. The molecule has 1 aromatic rings. The number of amides is 2. The quantitative estimate of drug-likeness (QED) is 0.614. The van der Waals surface area contributed by atoms with E-state index in [9.17, 15) is 9.59 Å². The maximum Gasteiger partial charge on any atom is 0.278 e. The van der Waals surface area contributed by atoms with Gasteiger partial charge >= 0.3 is 0 Å². The number of aromatic nitrogens is 2. The van der Waals surface area contributed by atoms with Crippen molar-refractivity contribution in [2.45, 2.75) is 63.1 Å². The molecule has 1 aromatic heterocycles. The molecular weight excluding hydrogens is 378 g/mol. The summed E-state index contributed by atoms with van der Waals surface area (Å²) in [5.74, 6) is 0.298. The summed E-state index contributed by atoms with van der Waals surface area (Å²) in [5, 5.41) is 13.4. The van der Waals surface area contributed by atoms with Crippen LogP contribution in [0.3, 0.4) is 0 Å². The van der Waals surface area contributed by atoms with Gasteiger partial charge in [0.25, 0.3) is 5.88 Å². The third-order valence-electron chi connectivity index (χ3n) is 6.13. The maximum absolute atomic E-state index is 13.1. The number of carbonyl (C=O) groups is 2. The molecule has 0 bridgehead atoms. The van der Waals surface area contributed by atoms with Gasteiger partial charge in [0.2, 0.25) is 11.8 Å². The molecule has 2 N–H and O–H groups in total. The normalized spacial score (nSPS) is 29.4. The van der Waals surface area contributed by atoms with E-state index in [1.54, 1.807) is 6.92 Å². The lowest BCUT2D eigenvalue weighted by molar-refractivity contribution is -0.134. The summed E-state index contributed by atoms with van der Waals surface area (Å²) in [4.78, 5) is 27.8. The molecule has 3 atom stereocenters. The van der Waals surface area contributed by atoms with Gasteiger partial charge in [-0.1, -0.05) is 5.16 Å². The van der Waals surface area contributed by atoms with Crippen LogP contribution in [0.15, 0.2) is 4.63 Å². The highest BCUT2D eigenvalue weighted by atomic mass is 16.6. The zero-order chi connectivity index (χ0) is 20.3. The Morgan fingerprint density at radius 2 is 2.21 bits per heavy atom. The van der Waals surface area contributed by atoms with Crippen LogP contribution in [0.25, 0.3) is 0 Å². The summed E-state index contributed by atoms with van der Waals surface area (Å²) < 4.78 is 15.6. The molecule has 0 aliphatic carbocycles. The molecule has 3 saturated heterocycles. The number of nitrogens with zero attached hydrogens (tertiary/aromatic N) is 3. The topological polar surface area (TPSA) is 119 Å². The van der Waals surface area contributed by atoms with Crippen molar-refractivity contribution in [3.8, 4) is 5.88 Å². The van der Waals surface area contributed by atoms with Gasteiger partial charge in [-0.15, -0.1) is 0 Å². The fourth-order valence-corrected chi connectivity index (χ4v) is 4.68. The van der Waals surface area contributed by atoms with Gasteiger partial charge in [-0.05, 0) is 57.2 Å². The van der Waals surface area contributed by atoms with Crippen LogP contribution in [0.2, 0.25) is 0 Å². The Hall–Kier alpha value is -2.20. The van der Waals surface area contributed by atoms with E-state index in [1.165, 1.54) is 0 Å². The minimum atomic E-state index is -0.557. The molecule has 10 heteroatoms. The number of hydrogen-bond acceptors (Lipinski definition) is 8. The molecule has 10 nitrogen and oxygen atoms in total. The monoisotopic (exact) mass is 407 g/mol. The highest BCUT2D eigenvalue weighted by molar-refractivity contribution is 5.87. The number of ether oxygens (including phenoxy) is 2. The molecular formula is C19H29N5O5. The largest absolute Gasteiger partial charge is 0.472 e. The molecule has 0 saturated carbocycles.